The predicted molar refractivity (Wildman–Crippen MR) is 269 cm³/mol. The summed E-state index contributed by atoms with van der Waals surface area (Å²) >= 11 is 0. The first-order chi connectivity index (χ1) is 33.6. The highest BCUT2D eigenvalue weighted by Gasteiger charge is 2.25. The lowest BCUT2D eigenvalue weighted by atomic mass is 10.1. The normalized spacial score (nSPS) is 11.6. The number of ether oxygens (including phenoxy) is 7. The number of unbranched alkanes of at least 4 members (excludes halogenated alkanes) is 1. The van der Waals surface area contributed by atoms with Crippen molar-refractivity contribution in [2.24, 2.45) is 0 Å². The molecule has 0 aliphatic rings. The van der Waals surface area contributed by atoms with Gasteiger partial charge in [-0.3, -0.25) is 4.79 Å². The van der Waals surface area contributed by atoms with Gasteiger partial charge in [0.1, 0.15) is 59.2 Å². The average Bonchev–Trinajstić information content (AvgIpc) is 3.33. The summed E-state index contributed by atoms with van der Waals surface area (Å²) in [7, 11) is 7.18. The lowest BCUT2D eigenvalue weighted by molar-refractivity contribution is -0.145. The van der Waals surface area contributed by atoms with Crippen LogP contribution >= 0.6 is 0 Å². The van der Waals surface area contributed by atoms with Gasteiger partial charge < -0.3 is 58.9 Å². The molecule has 1 atom stereocenters. The number of nitrogens with zero attached hydrogens (tertiary/aromatic N) is 4. The number of nitrogens with one attached hydrogen (secondary N) is 3. The van der Waals surface area contributed by atoms with Gasteiger partial charge in [0.2, 0.25) is 5.91 Å². The van der Waals surface area contributed by atoms with Gasteiger partial charge in [0, 0.05) is 36.1 Å². The summed E-state index contributed by atoms with van der Waals surface area (Å²) in [4.78, 5) is 51.7. The van der Waals surface area contributed by atoms with Crippen LogP contribution < -0.4 is 39.8 Å². The average molecular weight is 964 g/mol. The van der Waals surface area contributed by atoms with Crippen molar-refractivity contribution in [3.63, 3.8) is 0 Å². The Morgan fingerprint density at radius 2 is 1.53 bits per heavy atom. The van der Waals surface area contributed by atoms with E-state index in [4.69, 9.17) is 38.1 Å². The second-order valence-corrected chi connectivity index (χ2v) is 17.7. The molecule has 0 spiro atoms. The molecule has 0 aliphatic carbocycles. The third-order valence-electron chi connectivity index (χ3n) is 10.5. The van der Waals surface area contributed by atoms with Gasteiger partial charge in [0.05, 0.1) is 46.1 Å². The Labute approximate surface area is 412 Å². The fourth-order valence-electron chi connectivity index (χ4n) is 7.09. The third kappa shape index (κ3) is 18.1. The summed E-state index contributed by atoms with van der Waals surface area (Å²) in [5.41, 5.74) is 4.51. The molecule has 0 bridgehead atoms. The smallest absolute Gasteiger partial charge is 0.408 e. The number of anilines is 4. The van der Waals surface area contributed by atoms with Crippen molar-refractivity contribution in [3.05, 3.63) is 120 Å². The van der Waals surface area contributed by atoms with Crippen molar-refractivity contribution in [1.29, 1.82) is 0 Å². The fourth-order valence-corrected chi connectivity index (χ4v) is 7.09. The van der Waals surface area contributed by atoms with Crippen LogP contribution in [0.2, 0.25) is 0 Å². The second-order valence-electron chi connectivity index (χ2n) is 17.7. The van der Waals surface area contributed by atoms with Crippen molar-refractivity contribution < 1.29 is 47.5 Å². The van der Waals surface area contributed by atoms with Gasteiger partial charge in [-0.05, 0) is 122 Å². The van der Waals surface area contributed by atoms with Crippen molar-refractivity contribution in [1.82, 2.24) is 25.5 Å². The highest BCUT2D eigenvalue weighted by molar-refractivity contribution is 5.85. The van der Waals surface area contributed by atoms with Gasteiger partial charge in [-0.1, -0.05) is 42.0 Å². The van der Waals surface area contributed by atoms with Gasteiger partial charge >= 0.3 is 12.1 Å². The lowest BCUT2D eigenvalue weighted by Gasteiger charge is -2.27. The molecule has 4 aromatic carbocycles. The van der Waals surface area contributed by atoms with Crippen LogP contribution in [0.3, 0.4) is 0 Å². The maximum absolute atomic E-state index is 13.8. The molecule has 17 heteroatoms. The van der Waals surface area contributed by atoms with E-state index in [-0.39, 0.29) is 32.2 Å². The van der Waals surface area contributed by atoms with Crippen LogP contribution in [0.25, 0.3) is 0 Å². The highest BCUT2D eigenvalue weighted by atomic mass is 16.6. The number of amides is 2. The monoisotopic (exact) mass is 964 g/mol. The molecular formula is C53H69N7O10. The maximum atomic E-state index is 13.8. The summed E-state index contributed by atoms with van der Waals surface area (Å²) in [6.07, 6.45) is 2.85. The first kappa shape index (κ1) is 53.8. The molecule has 2 amide bonds. The molecule has 0 fully saturated rings. The van der Waals surface area contributed by atoms with Crippen LogP contribution in [0.1, 0.15) is 69.2 Å². The number of hydrogen-bond acceptors (Lipinski definition) is 15. The minimum Gasteiger partial charge on any atom is -0.496 e. The zero-order chi connectivity index (χ0) is 50.5. The summed E-state index contributed by atoms with van der Waals surface area (Å²) < 4.78 is 40.0. The molecule has 0 radical (unpaired) electrons. The summed E-state index contributed by atoms with van der Waals surface area (Å²) in [5.74, 6) is 2.36. The number of carbonyl (C=O) groups excluding carboxylic acids is 3. The molecule has 0 aliphatic heterocycles. The molecule has 5 aromatic rings. The van der Waals surface area contributed by atoms with Crippen LogP contribution in [0.5, 0.6) is 23.0 Å². The molecule has 376 valence electrons. The third-order valence-corrected chi connectivity index (χ3v) is 10.5. The topological polar surface area (TPSA) is 184 Å². The summed E-state index contributed by atoms with van der Waals surface area (Å²) in [5, 5.41) is 9.16. The maximum Gasteiger partial charge on any atom is 0.408 e. The van der Waals surface area contributed by atoms with E-state index in [1.165, 1.54) is 11.9 Å². The van der Waals surface area contributed by atoms with Crippen LogP contribution in [-0.4, -0.2) is 106 Å². The molecule has 1 heterocycles. The van der Waals surface area contributed by atoms with E-state index in [0.717, 1.165) is 36.2 Å². The fraction of sp³-hybridized carbons (Fsp3) is 0.415. The number of aromatic nitrogens is 2. The Kier molecular flexibility index (Phi) is 20.9. The van der Waals surface area contributed by atoms with E-state index in [1.54, 1.807) is 54.0 Å². The predicted octanol–water partition coefficient (Wildman–Crippen LogP) is 8.66. The SMILES string of the molecule is CCOC(=O)COc1ccc(Nc2cc(N(Cc3c(OC)cc(OCCOCc4ccc(C)cc4)cc3OC)c3cccc(CNC(=O)[C@H](CCCCN(C)C)NC(=O)OC(C)(C)C)c3)ncn2)cc1. The first-order valence-corrected chi connectivity index (χ1v) is 23.4. The molecule has 0 saturated heterocycles. The van der Waals surface area contributed by atoms with E-state index in [1.807, 2.05) is 85.7 Å². The minimum absolute atomic E-state index is 0.175. The van der Waals surface area contributed by atoms with Crippen LogP contribution in [-0.2, 0) is 43.5 Å². The molecule has 0 unspecified atom stereocenters. The number of rotatable bonds is 27. The molecule has 17 nitrogen and oxygen atoms in total. The van der Waals surface area contributed by atoms with E-state index in [0.29, 0.717) is 72.1 Å². The number of carbonyl (C=O) groups is 3. The first-order valence-electron chi connectivity index (χ1n) is 23.4. The number of hydrogen-bond donors (Lipinski definition) is 3. The Balaban J connectivity index is 1.39. The molecule has 5 rings (SSSR count). The molecule has 70 heavy (non-hydrogen) atoms. The molecular weight excluding hydrogens is 895 g/mol. The molecule has 3 N–H and O–H groups in total. The largest absolute Gasteiger partial charge is 0.496 e. The quantitative estimate of drug-likeness (QED) is 0.0335. The number of methoxy groups -OCH3 is 2. The number of aryl methyl sites for hydroxylation is 1. The zero-order valence-corrected chi connectivity index (χ0v) is 42.0. The molecule has 0 saturated carbocycles. The zero-order valence-electron chi connectivity index (χ0n) is 42.0. The van der Waals surface area contributed by atoms with Gasteiger partial charge in [0.15, 0.2) is 6.61 Å². The number of benzene rings is 4. The Hall–Kier alpha value is -7.11. The Bertz CT molecular complexity index is 2400. The van der Waals surface area contributed by atoms with Crippen LogP contribution in [0.15, 0.2) is 97.3 Å². The van der Waals surface area contributed by atoms with Gasteiger partial charge in [-0.25, -0.2) is 19.6 Å². The van der Waals surface area contributed by atoms with Crippen molar-refractivity contribution >= 4 is 41.0 Å². The van der Waals surface area contributed by atoms with Gasteiger partial charge in [-0.15, -0.1) is 0 Å². The standard InChI is InChI=1S/C53H69N7O10/c1-10-67-50(61)35-69-42-23-21-40(22-24-42)57-48-31-49(56-36-55-48)60(33-44-46(64-8)29-43(30-47(44)65-9)68-27-26-66-34-38-19-17-37(2)18-20-38)41-15-13-14-39(28-41)32-54-51(62)45(16-11-12-25-59(6)7)58-52(63)70-53(3,4)5/h13-15,17-24,28-31,36,45H,10-12,16,25-27,32-35H2,1-9H3,(H,54,62)(H,58,63)(H,55,56,57)/t45-/m0/s1. The lowest BCUT2D eigenvalue weighted by Crippen LogP contribution is -2.48. The Morgan fingerprint density at radius 1 is 0.800 bits per heavy atom. The summed E-state index contributed by atoms with van der Waals surface area (Å²) in [6.45, 7) is 11.6. The Morgan fingerprint density at radius 3 is 2.20 bits per heavy atom. The van der Waals surface area contributed by atoms with Crippen molar-refractivity contribution in [3.8, 4) is 23.0 Å². The van der Waals surface area contributed by atoms with Crippen LogP contribution in [0, 0.1) is 6.92 Å². The van der Waals surface area contributed by atoms with Crippen molar-refractivity contribution in [2.45, 2.75) is 85.2 Å². The van der Waals surface area contributed by atoms with Gasteiger partial charge in [-0.2, -0.15) is 0 Å². The van der Waals surface area contributed by atoms with E-state index < -0.39 is 23.7 Å². The van der Waals surface area contributed by atoms with E-state index in [9.17, 15) is 14.4 Å². The summed E-state index contributed by atoms with van der Waals surface area (Å²) in [6, 6.07) is 27.7. The molecule has 1 aromatic heterocycles. The van der Waals surface area contributed by atoms with E-state index >= 15 is 0 Å². The van der Waals surface area contributed by atoms with Crippen molar-refractivity contribution in [2.75, 3.05) is 71.5 Å². The van der Waals surface area contributed by atoms with Crippen LogP contribution in [0.4, 0.5) is 27.8 Å². The number of alkyl carbamates (subject to hydrolysis) is 1. The highest BCUT2D eigenvalue weighted by Crippen LogP contribution is 2.38. The van der Waals surface area contributed by atoms with E-state index in [2.05, 4.69) is 44.9 Å². The number of esters is 1. The van der Waals surface area contributed by atoms with Gasteiger partial charge in [0.25, 0.3) is 0 Å². The second kappa shape index (κ2) is 27.2. The minimum atomic E-state index is -0.796.